The Morgan fingerprint density at radius 3 is 2.52 bits per heavy atom. The zero-order valence-corrected chi connectivity index (χ0v) is 12.0. The van der Waals surface area contributed by atoms with Gasteiger partial charge in [-0.25, -0.2) is 4.79 Å². The standard InChI is InChI=1S/C15H18O8/c16-7-10-12(19)13(20)14(21)15(23-10)22-9-4-2-1-3-8(9)5-6-11(17)18/h1-6,10,12-16,19-21H,7H2,(H,17,18)/b6-5-/t10-,12-,13+,14-,15-/m1/s1. The van der Waals surface area contributed by atoms with E-state index in [1.165, 1.54) is 12.1 Å². The van der Waals surface area contributed by atoms with Gasteiger partial charge in [0.1, 0.15) is 30.2 Å². The minimum absolute atomic E-state index is 0.217. The van der Waals surface area contributed by atoms with Gasteiger partial charge in [0, 0.05) is 11.6 Å². The van der Waals surface area contributed by atoms with Crippen molar-refractivity contribution in [2.45, 2.75) is 30.7 Å². The Morgan fingerprint density at radius 1 is 1.17 bits per heavy atom. The monoisotopic (exact) mass is 326 g/mol. The van der Waals surface area contributed by atoms with E-state index in [2.05, 4.69) is 0 Å². The molecule has 0 radical (unpaired) electrons. The molecule has 0 spiro atoms. The van der Waals surface area contributed by atoms with Crippen LogP contribution >= 0.6 is 0 Å². The number of aliphatic hydroxyl groups is 4. The molecule has 0 aliphatic carbocycles. The number of aliphatic carboxylic acids is 1. The van der Waals surface area contributed by atoms with Gasteiger partial charge in [-0.2, -0.15) is 0 Å². The van der Waals surface area contributed by atoms with Gasteiger partial charge in [-0.15, -0.1) is 0 Å². The third-order valence-electron chi connectivity index (χ3n) is 3.42. The summed E-state index contributed by atoms with van der Waals surface area (Å²) in [5.74, 6) is -0.915. The fourth-order valence-electron chi connectivity index (χ4n) is 2.18. The highest BCUT2D eigenvalue weighted by Gasteiger charge is 2.44. The number of aliphatic hydroxyl groups excluding tert-OH is 4. The maximum absolute atomic E-state index is 10.6. The lowest BCUT2D eigenvalue weighted by atomic mass is 9.99. The smallest absolute Gasteiger partial charge is 0.328 e. The first-order chi connectivity index (χ1) is 10.9. The second kappa shape index (κ2) is 7.53. The average molecular weight is 326 g/mol. The highest BCUT2D eigenvalue weighted by atomic mass is 16.7. The molecule has 1 heterocycles. The van der Waals surface area contributed by atoms with E-state index in [0.29, 0.717) is 5.56 Å². The van der Waals surface area contributed by atoms with Crippen LogP contribution in [-0.4, -0.2) is 68.8 Å². The largest absolute Gasteiger partial charge is 0.478 e. The number of ether oxygens (including phenoxy) is 2. The molecule has 1 saturated heterocycles. The van der Waals surface area contributed by atoms with E-state index in [-0.39, 0.29) is 5.75 Å². The first-order valence-electron chi connectivity index (χ1n) is 6.91. The molecule has 8 nitrogen and oxygen atoms in total. The lowest BCUT2D eigenvalue weighted by molar-refractivity contribution is -0.277. The molecule has 0 saturated carbocycles. The van der Waals surface area contributed by atoms with Crippen LogP contribution in [0.5, 0.6) is 5.75 Å². The molecular weight excluding hydrogens is 308 g/mol. The van der Waals surface area contributed by atoms with Crippen molar-refractivity contribution in [2.75, 3.05) is 6.61 Å². The zero-order chi connectivity index (χ0) is 17.0. The summed E-state index contributed by atoms with van der Waals surface area (Å²) in [6, 6.07) is 6.43. The number of carboxylic acids is 1. The normalized spacial score (nSPS) is 31.2. The van der Waals surface area contributed by atoms with Gasteiger partial charge in [-0.05, 0) is 12.1 Å². The molecule has 126 valence electrons. The van der Waals surface area contributed by atoms with Crippen LogP contribution in [-0.2, 0) is 9.53 Å². The highest BCUT2D eigenvalue weighted by molar-refractivity contribution is 5.85. The van der Waals surface area contributed by atoms with Gasteiger partial charge in [-0.3, -0.25) is 0 Å². The second-order valence-corrected chi connectivity index (χ2v) is 5.02. The van der Waals surface area contributed by atoms with E-state index in [9.17, 15) is 20.1 Å². The summed E-state index contributed by atoms with van der Waals surface area (Å²) in [4.78, 5) is 10.6. The number of carboxylic acid groups (broad SMARTS) is 1. The Morgan fingerprint density at radius 2 is 1.87 bits per heavy atom. The molecule has 23 heavy (non-hydrogen) atoms. The molecular formula is C15H18O8. The van der Waals surface area contributed by atoms with E-state index < -0.39 is 43.3 Å². The average Bonchev–Trinajstić information content (AvgIpc) is 2.54. The Balaban J connectivity index is 2.19. The molecule has 0 amide bonds. The lowest BCUT2D eigenvalue weighted by Gasteiger charge is -2.39. The molecule has 0 bridgehead atoms. The Hall–Kier alpha value is -1.97. The third kappa shape index (κ3) is 4.06. The molecule has 0 aromatic heterocycles. The van der Waals surface area contributed by atoms with Crippen LogP contribution in [0.25, 0.3) is 6.08 Å². The molecule has 1 aliphatic rings. The van der Waals surface area contributed by atoms with E-state index >= 15 is 0 Å². The summed E-state index contributed by atoms with van der Waals surface area (Å²) in [6.07, 6.45) is -4.74. The SMILES string of the molecule is O=C(O)/C=C\c1ccccc1O[C@@H]1O[C@H](CO)[C@@H](O)[C@H](O)[C@H]1O. The van der Waals surface area contributed by atoms with Crippen molar-refractivity contribution in [3.05, 3.63) is 35.9 Å². The third-order valence-corrected chi connectivity index (χ3v) is 3.42. The van der Waals surface area contributed by atoms with Crippen molar-refractivity contribution in [3.63, 3.8) is 0 Å². The Labute approximate surface area is 131 Å². The van der Waals surface area contributed by atoms with E-state index in [4.69, 9.17) is 19.7 Å². The van der Waals surface area contributed by atoms with Crippen molar-refractivity contribution in [1.29, 1.82) is 0 Å². The number of hydrogen-bond donors (Lipinski definition) is 5. The van der Waals surface area contributed by atoms with Crippen LogP contribution in [0.15, 0.2) is 30.3 Å². The highest BCUT2D eigenvalue weighted by Crippen LogP contribution is 2.27. The maximum Gasteiger partial charge on any atom is 0.328 e. The van der Waals surface area contributed by atoms with Crippen LogP contribution in [0.1, 0.15) is 5.56 Å². The number of benzene rings is 1. The van der Waals surface area contributed by atoms with Crippen molar-refractivity contribution < 1.29 is 39.8 Å². The minimum atomic E-state index is -1.55. The van der Waals surface area contributed by atoms with Gasteiger partial charge in [-0.1, -0.05) is 18.2 Å². The van der Waals surface area contributed by atoms with Crippen LogP contribution in [0, 0.1) is 0 Å². The van der Waals surface area contributed by atoms with E-state index in [0.717, 1.165) is 6.08 Å². The van der Waals surface area contributed by atoms with Gasteiger partial charge in [0.25, 0.3) is 0 Å². The molecule has 8 heteroatoms. The molecule has 5 N–H and O–H groups in total. The number of carbonyl (C=O) groups is 1. The Bertz CT molecular complexity index is 570. The predicted molar refractivity (Wildman–Crippen MR) is 77.5 cm³/mol. The summed E-state index contributed by atoms with van der Waals surface area (Å²) in [5, 5.41) is 47.2. The topological polar surface area (TPSA) is 137 Å². The van der Waals surface area contributed by atoms with Gasteiger partial charge < -0.3 is 35.0 Å². The minimum Gasteiger partial charge on any atom is -0.478 e. The first kappa shape index (κ1) is 17.4. The lowest BCUT2D eigenvalue weighted by Crippen LogP contribution is -2.60. The van der Waals surface area contributed by atoms with Crippen molar-refractivity contribution in [2.24, 2.45) is 0 Å². The maximum atomic E-state index is 10.6. The van der Waals surface area contributed by atoms with Gasteiger partial charge >= 0.3 is 5.97 Å². The number of rotatable bonds is 5. The Kier molecular flexibility index (Phi) is 5.69. The van der Waals surface area contributed by atoms with Gasteiger partial charge in [0.2, 0.25) is 6.29 Å². The fraction of sp³-hybridized carbons (Fsp3) is 0.400. The molecule has 1 aliphatic heterocycles. The summed E-state index contributed by atoms with van der Waals surface area (Å²) in [5.41, 5.74) is 0.423. The summed E-state index contributed by atoms with van der Waals surface area (Å²) in [7, 11) is 0. The van der Waals surface area contributed by atoms with Crippen LogP contribution in [0.3, 0.4) is 0 Å². The van der Waals surface area contributed by atoms with Crippen molar-refractivity contribution >= 4 is 12.0 Å². The molecule has 2 rings (SSSR count). The van der Waals surface area contributed by atoms with Crippen molar-refractivity contribution in [3.8, 4) is 5.75 Å². The second-order valence-electron chi connectivity index (χ2n) is 5.02. The van der Waals surface area contributed by atoms with Crippen molar-refractivity contribution in [1.82, 2.24) is 0 Å². The first-order valence-corrected chi connectivity index (χ1v) is 6.91. The van der Waals surface area contributed by atoms with E-state index in [1.54, 1.807) is 18.2 Å². The van der Waals surface area contributed by atoms with E-state index in [1.807, 2.05) is 0 Å². The quantitative estimate of drug-likeness (QED) is 0.433. The fourth-order valence-corrected chi connectivity index (χ4v) is 2.18. The summed E-state index contributed by atoms with van der Waals surface area (Å²) >= 11 is 0. The number of hydrogen-bond acceptors (Lipinski definition) is 7. The van der Waals surface area contributed by atoms with Crippen LogP contribution in [0.4, 0.5) is 0 Å². The van der Waals surface area contributed by atoms with Gasteiger partial charge in [0.05, 0.1) is 6.61 Å². The molecule has 5 atom stereocenters. The number of para-hydroxylation sites is 1. The molecule has 1 aromatic rings. The predicted octanol–water partition coefficient (Wildman–Crippen LogP) is -1.04. The van der Waals surface area contributed by atoms with Gasteiger partial charge in [0.15, 0.2) is 0 Å². The van der Waals surface area contributed by atoms with Crippen LogP contribution in [0.2, 0.25) is 0 Å². The zero-order valence-electron chi connectivity index (χ0n) is 12.0. The summed E-state index contributed by atoms with van der Waals surface area (Å²) in [6.45, 7) is -0.564. The molecule has 0 unspecified atom stereocenters. The molecule has 1 fully saturated rings. The molecule has 1 aromatic carbocycles. The van der Waals surface area contributed by atoms with Crippen LogP contribution < -0.4 is 4.74 Å². The summed E-state index contributed by atoms with van der Waals surface area (Å²) < 4.78 is 10.7.